The molecule has 0 spiro atoms. The normalized spacial score (nSPS) is 15.6. The predicted molar refractivity (Wildman–Crippen MR) is 94.9 cm³/mol. The van der Waals surface area contributed by atoms with Crippen LogP contribution in [0.4, 0.5) is 19.0 Å². The lowest BCUT2D eigenvalue weighted by atomic mass is 9.95. The van der Waals surface area contributed by atoms with E-state index in [0.717, 1.165) is 31.0 Å². The van der Waals surface area contributed by atoms with Crippen LogP contribution in [0.25, 0.3) is 0 Å². The van der Waals surface area contributed by atoms with Gasteiger partial charge in [-0.1, -0.05) is 12.1 Å². The lowest BCUT2D eigenvalue weighted by Gasteiger charge is -2.33. The van der Waals surface area contributed by atoms with Crippen LogP contribution in [0.3, 0.4) is 0 Å². The molecule has 0 aliphatic carbocycles. The van der Waals surface area contributed by atoms with E-state index >= 15 is 0 Å². The zero-order chi connectivity index (χ0) is 19.4. The highest BCUT2D eigenvalue weighted by Gasteiger charge is 2.30. The van der Waals surface area contributed by atoms with Crippen LogP contribution in [0.2, 0.25) is 0 Å². The highest BCUT2D eigenvalue weighted by Crippen LogP contribution is 2.29. The lowest BCUT2D eigenvalue weighted by Crippen LogP contribution is -2.41. The van der Waals surface area contributed by atoms with E-state index in [2.05, 4.69) is 14.9 Å². The van der Waals surface area contributed by atoms with Crippen molar-refractivity contribution in [2.45, 2.75) is 25.6 Å². The van der Waals surface area contributed by atoms with E-state index in [-0.39, 0.29) is 11.8 Å². The lowest BCUT2D eigenvalue weighted by molar-refractivity contribution is -0.138. The van der Waals surface area contributed by atoms with Gasteiger partial charge in [0.1, 0.15) is 5.82 Å². The summed E-state index contributed by atoms with van der Waals surface area (Å²) >= 11 is 0. The monoisotopic (exact) mass is 378 g/mol. The van der Waals surface area contributed by atoms with Crippen LogP contribution in [0.15, 0.2) is 42.9 Å². The van der Waals surface area contributed by atoms with Crippen molar-refractivity contribution >= 4 is 11.7 Å². The molecule has 0 saturated carbocycles. The summed E-state index contributed by atoms with van der Waals surface area (Å²) in [6.45, 7) is 1.74. The van der Waals surface area contributed by atoms with E-state index < -0.39 is 11.7 Å². The highest BCUT2D eigenvalue weighted by molar-refractivity contribution is 5.79. The number of nitrogens with zero attached hydrogens (tertiary/aromatic N) is 4. The third-order valence-corrected chi connectivity index (χ3v) is 4.79. The van der Waals surface area contributed by atoms with Crippen LogP contribution in [0.1, 0.15) is 24.0 Å². The molecule has 2 heterocycles. The van der Waals surface area contributed by atoms with E-state index in [9.17, 15) is 18.0 Å². The van der Waals surface area contributed by atoms with Crippen LogP contribution in [0, 0.1) is 5.92 Å². The highest BCUT2D eigenvalue weighted by atomic mass is 19.4. The molecular weight excluding hydrogens is 357 g/mol. The molecule has 1 aromatic carbocycles. The number of benzene rings is 1. The van der Waals surface area contributed by atoms with Crippen molar-refractivity contribution in [3.05, 3.63) is 54.0 Å². The summed E-state index contributed by atoms with van der Waals surface area (Å²) in [4.78, 5) is 24.7. The van der Waals surface area contributed by atoms with Gasteiger partial charge < -0.3 is 9.80 Å². The summed E-state index contributed by atoms with van der Waals surface area (Å²) in [6, 6.07) is 4.94. The molecule has 27 heavy (non-hydrogen) atoms. The minimum atomic E-state index is -4.35. The standard InChI is InChI=1S/C19H21F3N4O/c1-25(13-14-2-4-16(5-3-14)19(20,21)22)18(27)15-6-10-26(11-7-15)17-12-23-8-9-24-17/h2-5,8-9,12,15H,6-7,10-11,13H2,1H3. The number of hydrogen-bond acceptors (Lipinski definition) is 4. The first-order valence-corrected chi connectivity index (χ1v) is 8.76. The maximum atomic E-state index is 12.7. The molecule has 5 nitrogen and oxygen atoms in total. The van der Waals surface area contributed by atoms with Crippen molar-refractivity contribution in [3.63, 3.8) is 0 Å². The molecule has 0 bridgehead atoms. The van der Waals surface area contributed by atoms with Crippen molar-refractivity contribution in [3.8, 4) is 0 Å². The van der Waals surface area contributed by atoms with Gasteiger partial charge in [0.05, 0.1) is 11.8 Å². The molecule has 0 radical (unpaired) electrons. The van der Waals surface area contributed by atoms with E-state index in [1.165, 1.54) is 12.1 Å². The van der Waals surface area contributed by atoms with Gasteiger partial charge in [-0.3, -0.25) is 9.78 Å². The summed E-state index contributed by atoms with van der Waals surface area (Å²) in [5.74, 6) is 0.743. The molecule has 1 saturated heterocycles. The predicted octanol–water partition coefficient (Wildman–Crippen LogP) is 3.37. The zero-order valence-electron chi connectivity index (χ0n) is 15.0. The summed E-state index contributed by atoms with van der Waals surface area (Å²) in [7, 11) is 1.69. The zero-order valence-corrected chi connectivity index (χ0v) is 15.0. The average molecular weight is 378 g/mol. The van der Waals surface area contributed by atoms with Crippen LogP contribution in [-0.4, -0.2) is 40.9 Å². The topological polar surface area (TPSA) is 49.3 Å². The number of carbonyl (C=O) groups excluding carboxylic acids is 1. The number of alkyl halides is 3. The minimum Gasteiger partial charge on any atom is -0.355 e. The second-order valence-electron chi connectivity index (χ2n) is 6.71. The van der Waals surface area contributed by atoms with E-state index in [0.29, 0.717) is 24.9 Å². The van der Waals surface area contributed by atoms with Crippen LogP contribution in [-0.2, 0) is 17.5 Å². The number of hydrogen-bond donors (Lipinski definition) is 0. The fourth-order valence-corrected chi connectivity index (χ4v) is 3.27. The molecular formula is C19H21F3N4O. The SMILES string of the molecule is CN(Cc1ccc(C(F)(F)F)cc1)C(=O)C1CCN(c2cnccn2)CC1. The van der Waals surface area contributed by atoms with E-state index in [4.69, 9.17) is 0 Å². The van der Waals surface area contributed by atoms with Crippen molar-refractivity contribution in [2.24, 2.45) is 5.92 Å². The fraction of sp³-hybridized carbons (Fsp3) is 0.421. The molecule has 2 aromatic rings. The van der Waals surface area contributed by atoms with Crippen molar-refractivity contribution in [1.82, 2.24) is 14.9 Å². The molecule has 1 amide bonds. The smallest absolute Gasteiger partial charge is 0.355 e. The number of anilines is 1. The Kier molecular flexibility index (Phi) is 5.62. The number of halogens is 3. The van der Waals surface area contributed by atoms with Gasteiger partial charge in [0.25, 0.3) is 0 Å². The van der Waals surface area contributed by atoms with Gasteiger partial charge in [0, 0.05) is 45.0 Å². The second kappa shape index (κ2) is 7.94. The summed E-state index contributed by atoms with van der Waals surface area (Å²) in [6.07, 6.45) is 2.05. The largest absolute Gasteiger partial charge is 0.416 e. The molecule has 1 aliphatic rings. The van der Waals surface area contributed by atoms with Gasteiger partial charge in [0.15, 0.2) is 0 Å². The number of aromatic nitrogens is 2. The van der Waals surface area contributed by atoms with Gasteiger partial charge in [-0.15, -0.1) is 0 Å². The first-order valence-electron chi connectivity index (χ1n) is 8.76. The fourth-order valence-electron chi connectivity index (χ4n) is 3.27. The molecule has 144 valence electrons. The summed E-state index contributed by atoms with van der Waals surface area (Å²) in [5.41, 5.74) is -0.00698. The molecule has 8 heteroatoms. The van der Waals surface area contributed by atoms with Crippen LogP contribution >= 0.6 is 0 Å². The maximum Gasteiger partial charge on any atom is 0.416 e. The quantitative estimate of drug-likeness (QED) is 0.819. The third kappa shape index (κ3) is 4.75. The van der Waals surface area contributed by atoms with Gasteiger partial charge in [-0.05, 0) is 30.5 Å². The first kappa shape index (κ1) is 19.1. The summed E-state index contributed by atoms with van der Waals surface area (Å²) in [5, 5.41) is 0. The molecule has 1 fully saturated rings. The van der Waals surface area contributed by atoms with Crippen LogP contribution in [0.5, 0.6) is 0 Å². The van der Waals surface area contributed by atoms with Crippen molar-refractivity contribution in [2.75, 3.05) is 25.0 Å². The van der Waals surface area contributed by atoms with Crippen LogP contribution < -0.4 is 4.90 Å². The van der Waals surface area contributed by atoms with E-state index in [1.54, 1.807) is 30.5 Å². The molecule has 3 rings (SSSR count). The second-order valence-corrected chi connectivity index (χ2v) is 6.71. The Labute approximate surface area is 155 Å². The number of carbonyl (C=O) groups is 1. The molecule has 1 aromatic heterocycles. The Morgan fingerprint density at radius 1 is 1.19 bits per heavy atom. The first-order chi connectivity index (χ1) is 12.8. The minimum absolute atomic E-state index is 0.0219. The van der Waals surface area contributed by atoms with Gasteiger partial charge in [-0.25, -0.2) is 4.98 Å². The average Bonchev–Trinajstić information content (AvgIpc) is 2.68. The van der Waals surface area contributed by atoms with Crippen molar-refractivity contribution in [1.29, 1.82) is 0 Å². The molecule has 0 unspecified atom stereocenters. The number of piperidine rings is 1. The Morgan fingerprint density at radius 3 is 2.41 bits per heavy atom. The van der Waals surface area contributed by atoms with Gasteiger partial charge in [0.2, 0.25) is 5.91 Å². The summed E-state index contributed by atoms with van der Waals surface area (Å²) < 4.78 is 37.9. The van der Waals surface area contributed by atoms with E-state index in [1.807, 2.05) is 0 Å². The van der Waals surface area contributed by atoms with Crippen molar-refractivity contribution < 1.29 is 18.0 Å². The van der Waals surface area contributed by atoms with Gasteiger partial charge in [-0.2, -0.15) is 13.2 Å². The Morgan fingerprint density at radius 2 is 1.85 bits per heavy atom. The van der Waals surface area contributed by atoms with Gasteiger partial charge >= 0.3 is 6.18 Å². The third-order valence-electron chi connectivity index (χ3n) is 4.79. The Hall–Kier alpha value is -2.64. The Balaban J connectivity index is 1.54. The molecule has 0 atom stereocenters. The molecule has 1 aliphatic heterocycles. The number of amides is 1. The molecule has 0 N–H and O–H groups in total. The Bertz CT molecular complexity index is 757. The number of rotatable bonds is 4. The maximum absolute atomic E-state index is 12.7.